The second-order valence-electron chi connectivity index (χ2n) is 7.36. The van der Waals surface area contributed by atoms with Crippen LogP contribution >= 0.6 is 22.7 Å². The maximum atomic E-state index is 12.9. The van der Waals surface area contributed by atoms with Gasteiger partial charge in [-0.1, -0.05) is 30.7 Å². The van der Waals surface area contributed by atoms with Gasteiger partial charge in [0.2, 0.25) is 0 Å². The van der Waals surface area contributed by atoms with Crippen molar-refractivity contribution >= 4 is 33.6 Å². The number of carbonyl (C=O) groups is 1. The summed E-state index contributed by atoms with van der Waals surface area (Å²) < 4.78 is 0. The Morgan fingerprint density at radius 2 is 1.79 bits per heavy atom. The van der Waals surface area contributed by atoms with E-state index >= 15 is 0 Å². The highest BCUT2D eigenvalue weighted by Gasteiger charge is 2.30. The predicted molar refractivity (Wildman–Crippen MR) is 120 cm³/mol. The highest BCUT2D eigenvalue weighted by Crippen LogP contribution is 2.44. The molecule has 1 aromatic carbocycles. The number of piperidine rings is 1. The molecule has 1 aliphatic rings. The number of benzene rings is 1. The lowest BCUT2D eigenvalue weighted by molar-refractivity contribution is 0.102. The van der Waals surface area contributed by atoms with Gasteiger partial charge in [0.1, 0.15) is 5.00 Å². The molecule has 1 atom stereocenters. The van der Waals surface area contributed by atoms with Crippen LogP contribution in [0.3, 0.4) is 0 Å². The van der Waals surface area contributed by atoms with E-state index in [2.05, 4.69) is 41.6 Å². The Labute approximate surface area is 175 Å². The highest BCUT2D eigenvalue weighted by molar-refractivity contribution is 7.16. The van der Waals surface area contributed by atoms with Crippen molar-refractivity contribution in [2.45, 2.75) is 39.2 Å². The lowest BCUT2D eigenvalue weighted by atomic mass is 9.98. The maximum absolute atomic E-state index is 12.9. The molecule has 0 aliphatic carbocycles. The first-order valence-electron chi connectivity index (χ1n) is 9.89. The first-order chi connectivity index (χ1) is 13.6. The zero-order valence-corrected chi connectivity index (χ0v) is 18.0. The molecule has 5 heteroatoms. The molecule has 3 heterocycles. The minimum absolute atomic E-state index is 0.0355. The van der Waals surface area contributed by atoms with Gasteiger partial charge in [0.25, 0.3) is 5.91 Å². The summed E-state index contributed by atoms with van der Waals surface area (Å²) in [6.07, 6.45) is 3.80. The van der Waals surface area contributed by atoms with Gasteiger partial charge >= 0.3 is 0 Å². The first-order valence-corrected chi connectivity index (χ1v) is 11.6. The monoisotopic (exact) mass is 410 g/mol. The third kappa shape index (κ3) is 3.93. The van der Waals surface area contributed by atoms with E-state index in [0.29, 0.717) is 5.56 Å². The minimum atomic E-state index is -0.0355. The fourth-order valence-corrected chi connectivity index (χ4v) is 5.91. The lowest BCUT2D eigenvalue weighted by Gasteiger charge is -2.35. The molecular formula is C23H26N2OS2. The Bertz CT molecular complexity index is 925. The highest BCUT2D eigenvalue weighted by atomic mass is 32.1. The van der Waals surface area contributed by atoms with Gasteiger partial charge in [-0.3, -0.25) is 9.69 Å². The van der Waals surface area contributed by atoms with E-state index in [-0.39, 0.29) is 11.9 Å². The van der Waals surface area contributed by atoms with Crippen LogP contribution in [0.25, 0.3) is 0 Å². The Morgan fingerprint density at radius 1 is 1.04 bits per heavy atom. The molecule has 1 N–H and O–H groups in total. The molecule has 0 radical (unpaired) electrons. The first kappa shape index (κ1) is 19.4. The fraction of sp³-hybridized carbons (Fsp3) is 0.348. The number of nitrogens with zero attached hydrogens (tertiary/aromatic N) is 1. The van der Waals surface area contributed by atoms with Gasteiger partial charge in [0, 0.05) is 20.9 Å². The van der Waals surface area contributed by atoms with E-state index in [1.807, 2.05) is 41.7 Å². The van der Waals surface area contributed by atoms with Crippen LogP contribution < -0.4 is 5.32 Å². The van der Waals surface area contributed by atoms with Gasteiger partial charge in [0.15, 0.2) is 0 Å². The molecule has 4 rings (SSSR count). The Balaban J connectivity index is 1.73. The molecule has 3 nitrogen and oxygen atoms in total. The van der Waals surface area contributed by atoms with Crippen LogP contribution in [0.1, 0.15) is 56.5 Å². The summed E-state index contributed by atoms with van der Waals surface area (Å²) in [6, 6.07) is 14.1. The topological polar surface area (TPSA) is 32.3 Å². The summed E-state index contributed by atoms with van der Waals surface area (Å²) in [5.74, 6) is -0.0355. The second-order valence-corrected chi connectivity index (χ2v) is 9.56. The molecule has 28 heavy (non-hydrogen) atoms. The van der Waals surface area contributed by atoms with E-state index in [9.17, 15) is 4.79 Å². The van der Waals surface area contributed by atoms with Crippen LogP contribution in [0, 0.1) is 13.8 Å². The van der Waals surface area contributed by atoms with Crippen LogP contribution in [0.4, 0.5) is 5.00 Å². The van der Waals surface area contributed by atoms with Crippen LogP contribution in [0.5, 0.6) is 0 Å². The third-order valence-electron chi connectivity index (χ3n) is 5.54. The van der Waals surface area contributed by atoms with Gasteiger partial charge in [-0.25, -0.2) is 0 Å². The molecule has 1 aliphatic heterocycles. The van der Waals surface area contributed by atoms with Crippen molar-refractivity contribution in [1.82, 2.24) is 4.90 Å². The molecular weight excluding hydrogens is 384 g/mol. The molecule has 1 amide bonds. The van der Waals surface area contributed by atoms with E-state index in [0.717, 1.165) is 18.1 Å². The fourth-order valence-electron chi connectivity index (χ4n) is 3.96. The smallest absolute Gasteiger partial charge is 0.256 e. The number of carbonyl (C=O) groups excluding carboxylic acids is 1. The van der Waals surface area contributed by atoms with Crippen LogP contribution in [0.2, 0.25) is 0 Å². The molecule has 1 saturated heterocycles. The van der Waals surface area contributed by atoms with E-state index in [1.54, 1.807) is 11.3 Å². The number of likely N-dealkylation sites (tertiary alicyclic amines) is 1. The molecule has 0 unspecified atom stereocenters. The molecule has 3 aromatic rings. The average molecular weight is 411 g/mol. The van der Waals surface area contributed by atoms with E-state index in [1.165, 1.54) is 40.1 Å². The summed E-state index contributed by atoms with van der Waals surface area (Å²) in [5.41, 5.74) is 3.27. The molecule has 146 valence electrons. The molecule has 2 aromatic heterocycles. The molecule has 0 spiro atoms. The van der Waals surface area contributed by atoms with Gasteiger partial charge in [-0.05, 0) is 68.9 Å². The molecule has 0 bridgehead atoms. The largest absolute Gasteiger partial charge is 0.313 e. The molecule has 0 saturated carbocycles. The van der Waals surface area contributed by atoms with Crippen molar-refractivity contribution in [2.24, 2.45) is 0 Å². The van der Waals surface area contributed by atoms with Crippen molar-refractivity contribution in [3.8, 4) is 0 Å². The van der Waals surface area contributed by atoms with Crippen molar-refractivity contribution in [3.63, 3.8) is 0 Å². The van der Waals surface area contributed by atoms with Gasteiger partial charge in [-0.15, -0.1) is 22.7 Å². The average Bonchev–Trinajstić information content (AvgIpc) is 3.34. The zero-order chi connectivity index (χ0) is 19.5. The standard InChI is InChI=1S/C23H26N2OS2/c1-16-17(2)28-23(24-22(26)18-10-5-3-6-11-18)20(16)21(19-12-9-15-27-19)25-13-7-4-8-14-25/h3,5-6,9-12,15,21H,4,7-8,13-14H2,1-2H3,(H,24,26)/t21-/m1/s1. The van der Waals surface area contributed by atoms with E-state index < -0.39 is 0 Å². The third-order valence-corrected chi connectivity index (χ3v) is 7.60. The maximum Gasteiger partial charge on any atom is 0.256 e. The van der Waals surface area contributed by atoms with Crippen molar-refractivity contribution in [2.75, 3.05) is 18.4 Å². The number of hydrogen-bond acceptors (Lipinski definition) is 4. The van der Waals surface area contributed by atoms with Crippen LogP contribution in [-0.4, -0.2) is 23.9 Å². The van der Waals surface area contributed by atoms with Gasteiger partial charge < -0.3 is 5.32 Å². The Hall–Kier alpha value is -1.95. The Kier molecular flexibility index (Phi) is 5.95. The number of rotatable bonds is 5. The number of amides is 1. The normalized spacial score (nSPS) is 16.1. The molecule has 1 fully saturated rings. The van der Waals surface area contributed by atoms with Crippen LogP contribution in [0.15, 0.2) is 47.8 Å². The number of anilines is 1. The van der Waals surface area contributed by atoms with Gasteiger partial charge in [-0.2, -0.15) is 0 Å². The van der Waals surface area contributed by atoms with Crippen LogP contribution in [-0.2, 0) is 0 Å². The van der Waals surface area contributed by atoms with Crippen molar-refractivity contribution in [3.05, 3.63) is 74.3 Å². The number of hydrogen-bond donors (Lipinski definition) is 1. The minimum Gasteiger partial charge on any atom is -0.313 e. The Morgan fingerprint density at radius 3 is 2.46 bits per heavy atom. The van der Waals surface area contributed by atoms with Crippen molar-refractivity contribution in [1.29, 1.82) is 0 Å². The lowest BCUT2D eigenvalue weighted by Crippen LogP contribution is -2.34. The van der Waals surface area contributed by atoms with Crippen molar-refractivity contribution < 1.29 is 4.79 Å². The predicted octanol–water partition coefficient (Wildman–Crippen LogP) is 6.25. The van der Waals surface area contributed by atoms with Gasteiger partial charge in [0.05, 0.1) is 6.04 Å². The number of nitrogens with one attached hydrogen (secondary N) is 1. The number of thiophene rings is 2. The zero-order valence-electron chi connectivity index (χ0n) is 16.4. The summed E-state index contributed by atoms with van der Waals surface area (Å²) in [4.78, 5) is 18.1. The summed E-state index contributed by atoms with van der Waals surface area (Å²) in [7, 11) is 0. The summed E-state index contributed by atoms with van der Waals surface area (Å²) in [6.45, 7) is 6.58. The SMILES string of the molecule is Cc1sc(NC(=O)c2ccccc2)c([C@@H](c2cccs2)N2CCCCC2)c1C. The second kappa shape index (κ2) is 8.60. The number of aryl methyl sites for hydroxylation is 1. The van der Waals surface area contributed by atoms with E-state index in [4.69, 9.17) is 0 Å². The summed E-state index contributed by atoms with van der Waals surface area (Å²) >= 11 is 3.51. The summed E-state index contributed by atoms with van der Waals surface area (Å²) in [5, 5.41) is 6.38. The quantitative estimate of drug-likeness (QED) is 0.539.